The smallest absolute Gasteiger partial charge is 0.219 e. The van der Waals surface area contributed by atoms with E-state index in [-0.39, 0.29) is 16.9 Å². The van der Waals surface area contributed by atoms with Crippen molar-refractivity contribution in [2.75, 3.05) is 13.7 Å². The minimum atomic E-state index is -1.91. The largest absolute Gasteiger partial charge is 0.497 e. The lowest BCUT2D eigenvalue weighted by atomic mass is 10.1. The average molecular weight is 474 g/mol. The van der Waals surface area contributed by atoms with Crippen molar-refractivity contribution in [2.24, 2.45) is 0 Å². The van der Waals surface area contributed by atoms with Gasteiger partial charge in [0.2, 0.25) is 5.89 Å². The standard InChI is InChI=1S/C25H35NO6Si/c1-25(2,3)33(5,6)31-17-24-26-22(16-30-24)23-14-19(27)13-21(32-23)11-12-29-15-18-7-9-20(28-4)10-8-18/h7-10,14,16,21H,11-13,15,17H2,1-6H3/t21-/m1/s1. The van der Waals surface area contributed by atoms with E-state index in [0.717, 1.165) is 11.3 Å². The number of benzene rings is 1. The number of oxazole rings is 1. The fourth-order valence-corrected chi connectivity index (χ4v) is 3.97. The number of methoxy groups -OCH3 is 1. The number of ketones is 1. The molecular formula is C25H35NO6Si. The molecule has 180 valence electrons. The molecule has 1 aliphatic heterocycles. The topological polar surface area (TPSA) is 80.0 Å². The maximum atomic E-state index is 12.3. The number of hydrogen-bond donors (Lipinski definition) is 0. The summed E-state index contributed by atoms with van der Waals surface area (Å²) in [6.07, 6.45) is 3.70. The summed E-state index contributed by atoms with van der Waals surface area (Å²) in [5, 5.41) is 0.104. The molecule has 7 nitrogen and oxygen atoms in total. The number of hydrogen-bond acceptors (Lipinski definition) is 7. The zero-order valence-electron chi connectivity index (χ0n) is 20.5. The van der Waals surface area contributed by atoms with Crippen LogP contribution in [0.4, 0.5) is 0 Å². The Balaban J connectivity index is 1.49. The zero-order valence-corrected chi connectivity index (χ0v) is 21.5. The molecule has 0 bridgehead atoms. The van der Waals surface area contributed by atoms with Gasteiger partial charge in [-0.15, -0.1) is 0 Å². The Morgan fingerprint density at radius 3 is 2.55 bits per heavy atom. The molecule has 0 fully saturated rings. The number of nitrogens with zero attached hydrogens (tertiary/aromatic N) is 1. The number of aromatic nitrogens is 1. The molecule has 1 aromatic heterocycles. The highest BCUT2D eigenvalue weighted by Crippen LogP contribution is 2.37. The molecule has 0 aliphatic carbocycles. The highest BCUT2D eigenvalue weighted by atomic mass is 28.4. The molecule has 3 rings (SSSR count). The molecule has 2 aromatic rings. The molecule has 1 atom stereocenters. The molecule has 0 radical (unpaired) electrons. The fraction of sp³-hybridized carbons (Fsp3) is 0.520. The van der Waals surface area contributed by atoms with E-state index in [1.54, 1.807) is 7.11 Å². The van der Waals surface area contributed by atoms with Crippen LogP contribution in [-0.2, 0) is 31.9 Å². The molecule has 33 heavy (non-hydrogen) atoms. The average Bonchev–Trinajstić information content (AvgIpc) is 3.24. The van der Waals surface area contributed by atoms with Gasteiger partial charge in [-0.1, -0.05) is 32.9 Å². The summed E-state index contributed by atoms with van der Waals surface area (Å²) in [4.78, 5) is 16.7. The third kappa shape index (κ3) is 7.03. The Hall–Kier alpha value is -2.42. The van der Waals surface area contributed by atoms with Gasteiger partial charge in [-0.3, -0.25) is 4.79 Å². The number of carbonyl (C=O) groups is 1. The number of carbonyl (C=O) groups excluding carboxylic acids is 1. The van der Waals surface area contributed by atoms with Crippen LogP contribution in [0.5, 0.6) is 5.75 Å². The zero-order chi connectivity index (χ0) is 24.1. The first-order valence-corrected chi connectivity index (χ1v) is 14.2. The monoisotopic (exact) mass is 473 g/mol. The van der Waals surface area contributed by atoms with E-state index in [9.17, 15) is 4.79 Å². The predicted molar refractivity (Wildman–Crippen MR) is 128 cm³/mol. The highest BCUT2D eigenvalue weighted by molar-refractivity contribution is 6.74. The molecule has 0 amide bonds. The van der Waals surface area contributed by atoms with Gasteiger partial charge in [0, 0.05) is 18.9 Å². The Morgan fingerprint density at radius 1 is 1.15 bits per heavy atom. The normalized spacial score (nSPS) is 17.0. The van der Waals surface area contributed by atoms with E-state index in [2.05, 4.69) is 38.8 Å². The summed E-state index contributed by atoms with van der Waals surface area (Å²) >= 11 is 0. The van der Waals surface area contributed by atoms with Gasteiger partial charge in [0.15, 0.2) is 19.9 Å². The van der Waals surface area contributed by atoms with Crippen LogP contribution in [0.25, 0.3) is 5.76 Å². The maximum Gasteiger partial charge on any atom is 0.219 e. The van der Waals surface area contributed by atoms with Crippen molar-refractivity contribution < 1.29 is 27.8 Å². The van der Waals surface area contributed by atoms with Crippen molar-refractivity contribution in [3.8, 4) is 5.75 Å². The van der Waals surface area contributed by atoms with E-state index in [4.69, 9.17) is 23.1 Å². The Labute approximate surface area is 197 Å². The van der Waals surface area contributed by atoms with Gasteiger partial charge in [-0.25, -0.2) is 4.98 Å². The van der Waals surface area contributed by atoms with E-state index in [1.165, 1.54) is 12.3 Å². The van der Waals surface area contributed by atoms with Gasteiger partial charge in [-0.05, 0) is 35.8 Å². The van der Waals surface area contributed by atoms with Crippen LogP contribution in [0.1, 0.15) is 50.8 Å². The Kier molecular flexibility index (Phi) is 8.15. The SMILES string of the molecule is COc1ccc(COCC[C@@H]2CC(=O)C=C(c3coc(CO[Si](C)(C)C(C)(C)C)n3)O2)cc1. The third-order valence-corrected chi connectivity index (χ3v) is 10.7. The molecule has 0 N–H and O–H groups in total. The van der Waals surface area contributed by atoms with Crippen molar-refractivity contribution in [3.05, 3.63) is 53.8 Å². The Morgan fingerprint density at radius 2 is 1.88 bits per heavy atom. The maximum absolute atomic E-state index is 12.3. The molecule has 1 aromatic carbocycles. The summed E-state index contributed by atoms with van der Waals surface area (Å²) in [5.74, 6) is 1.75. The first-order chi connectivity index (χ1) is 15.6. The van der Waals surface area contributed by atoms with E-state index >= 15 is 0 Å². The van der Waals surface area contributed by atoms with Gasteiger partial charge in [-0.2, -0.15) is 0 Å². The van der Waals surface area contributed by atoms with Gasteiger partial charge in [0.1, 0.15) is 30.4 Å². The lowest BCUT2D eigenvalue weighted by Crippen LogP contribution is -2.40. The molecule has 0 unspecified atom stereocenters. The van der Waals surface area contributed by atoms with Gasteiger partial charge in [0.05, 0.1) is 20.3 Å². The van der Waals surface area contributed by atoms with Crippen molar-refractivity contribution in [1.82, 2.24) is 4.98 Å². The summed E-state index contributed by atoms with van der Waals surface area (Å²) < 4.78 is 28.7. The lowest BCUT2D eigenvalue weighted by Gasteiger charge is -2.35. The second kappa shape index (κ2) is 10.7. The van der Waals surface area contributed by atoms with E-state index in [1.807, 2.05) is 24.3 Å². The van der Waals surface area contributed by atoms with Gasteiger partial charge < -0.3 is 23.1 Å². The van der Waals surface area contributed by atoms with E-state index < -0.39 is 8.32 Å². The number of allylic oxidation sites excluding steroid dienone is 1. The first kappa shape index (κ1) is 25.2. The van der Waals surface area contributed by atoms with Crippen LogP contribution in [-0.4, -0.2) is 38.9 Å². The van der Waals surface area contributed by atoms with Crippen LogP contribution in [0.2, 0.25) is 18.1 Å². The molecule has 0 saturated carbocycles. The third-order valence-electron chi connectivity index (χ3n) is 6.19. The molecule has 0 saturated heterocycles. The first-order valence-electron chi connectivity index (χ1n) is 11.3. The van der Waals surface area contributed by atoms with E-state index in [0.29, 0.717) is 50.0 Å². The van der Waals surface area contributed by atoms with Crippen molar-refractivity contribution >= 4 is 19.9 Å². The number of rotatable bonds is 10. The summed E-state index contributed by atoms with van der Waals surface area (Å²) in [6.45, 7) is 12.2. The predicted octanol–water partition coefficient (Wildman–Crippen LogP) is 5.51. The second-order valence-electron chi connectivity index (χ2n) is 9.78. The van der Waals surface area contributed by atoms with Crippen LogP contribution in [0, 0.1) is 0 Å². The van der Waals surface area contributed by atoms with Crippen molar-refractivity contribution in [3.63, 3.8) is 0 Å². The minimum absolute atomic E-state index is 0.0125. The fourth-order valence-electron chi connectivity index (χ4n) is 3.06. The molecular weight excluding hydrogens is 438 g/mol. The quantitative estimate of drug-likeness (QED) is 0.332. The lowest BCUT2D eigenvalue weighted by molar-refractivity contribution is -0.117. The Bertz CT molecular complexity index is 958. The highest BCUT2D eigenvalue weighted by Gasteiger charge is 2.37. The second-order valence-corrected chi connectivity index (χ2v) is 14.6. The molecule has 0 spiro atoms. The summed E-state index contributed by atoms with van der Waals surface area (Å²) in [5.41, 5.74) is 1.58. The van der Waals surface area contributed by atoms with Crippen LogP contribution >= 0.6 is 0 Å². The van der Waals surface area contributed by atoms with Crippen molar-refractivity contribution in [2.45, 2.75) is 71.1 Å². The van der Waals surface area contributed by atoms with Crippen molar-refractivity contribution in [1.29, 1.82) is 0 Å². The number of ether oxygens (including phenoxy) is 3. The van der Waals surface area contributed by atoms with Gasteiger partial charge >= 0.3 is 0 Å². The molecule has 8 heteroatoms. The minimum Gasteiger partial charge on any atom is -0.497 e. The van der Waals surface area contributed by atoms with Gasteiger partial charge in [0.25, 0.3) is 0 Å². The molecule has 1 aliphatic rings. The van der Waals surface area contributed by atoms with Crippen LogP contribution in [0.3, 0.4) is 0 Å². The van der Waals surface area contributed by atoms with Crippen LogP contribution in [0.15, 0.2) is 41.0 Å². The molecule has 2 heterocycles. The summed E-state index contributed by atoms with van der Waals surface area (Å²) in [7, 11) is -0.267. The summed E-state index contributed by atoms with van der Waals surface area (Å²) in [6, 6.07) is 7.75. The van der Waals surface area contributed by atoms with Crippen LogP contribution < -0.4 is 4.74 Å².